The average molecular weight is 301 g/mol. The van der Waals surface area contributed by atoms with E-state index in [9.17, 15) is 9.59 Å². The molecule has 0 atom stereocenters. The Morgan fingerprint density at radius 2 is 1.90 bits per heavy atom. The van der Waals surface area contributed by atoms with Crippen LogP contribution < -0.4 is 5.32 Å². The number of carbonyl (C=O) groups is 2. The highest BCUT2D eigenvalue weighted by molar-refractivity contribution is 5.70. The molecule has 122 valence electrons. The lowest BCUT2D eigenvalue weighted by Crippen LogP contribution is -2.33. The molecule has 0 radical (unpaired) electrons. The zero-order valence-corrected chi connectivity index (χ0v) is 13.7. The van der Waals surface area contributed by atoms with E-state index in [0.29, 0.717) is 0 Å². The van der Waals surface area contributed by atoms with E-state index >= 15 is 0 Å². The molecule has 1 rings (SSSR count). The fraction of sp³-hybridized carbons (Fsp3) is 0.600. The largest absolute Gasteiger partial charge is 0.481 e. The molecule has 0 fully saturated rings. The third-order valence-corrected chi connectivity index (χ3v) is 1.67. The van der Waals surface area contributed by atoms with Gasteiger partial charge in [-0.25, -0.2) is 4.79 Å². The zero-order valence-electron chi connectivity index (χ0n) is 13.7. The summed E-state index contributed by atoms with van der Waals surface area (Å²) in [5.41, 5.74) is 0.628. The van der Waals surface area contributed by atoms with Gasteiger partial charge in [0, 0.05) is 6.54 Å². The number of hydrogen-bond donors (Lipinski definition) is 2. The van der Waals surface area contributed by atoms with Gasteiger partial charge in [0.1, 0.15) is 5.60 Å². The van der Waals surface area contributed by atoms with Crippen molar-refractivity contribution in [2.45, 2.75) is 53.6 Å². The zero-order chi connectivity index (χ0) is 16.9. The lowest BCUT2D eigenvalue weighted by Gasteiger charge is -2.19. The molecule has 1 amide bonds. The van der Waals surface area contributed by atoms with Crippen LogP contribution in [0.3, 0.4) is 0 Å². The predicted octanol–water partition coefficient (Wildman–Crippen LogP) is 3.60. The van der Waals surface area contributed by atoms with Gasteiger partial charge in [0.15, 0.2) is 0 Å². The number of aliphatic carboxylic acids is 1. The van der Waals surface area contributed by atoms with Crippen molar-refractivity contribution in [1.82, 2.24) is 5.32 Å². The first-order chi connectivity index (χ1) is 9.70. The first-order valence-corrected chi connectivity index (χ1v) is 6.88. The maximum atomic E-state index is 10.9. The number of nitrogens with one attached hydrogen (secondary N) is 1. The molecule has 1 aromatic rings. The van der Waals surface area contributed by atoms with Gasteiger partial charge < -0.3 is 19.6 Å². The Morgan fingerprint density at radius 1 is 1.33 bits per heavy atom. The van der Waals surface area contributed by atoms with Gasteiger partial charge in [0.25, 0.3) is 0 Å². The number of ether oxygens (including phenoxy) is 1. The van der Waals surface area contributed by atoms with Gasteiger partial charge in [-0.1, -0.05) is 13.8 Å². The molecule has 6 nitrogen and oxygen atoms in total. The number of amides is 1. The summed E-state index contributed by atoms with van der Waals surface area (Å²) in [6, 6.07) is 1.92. The van der Waals surface area contributed by atoms with Gasteiger partial charge in [-0.2, -0.15) is 0 Å². The van der Waals surface area contributed by atoms with E-state index in [1.165, 1.54) is 5.56 Å². The Kier molecular flexibility index (Phi) is 12.0. The van der Waals surface area contributed by atoms with E-state index < -0.39 is 17.7 Å². The van der Waals surface area contributed by atoms with Crippen LogP contribution in [0.5, 0.6) is 0 Å². The Hall–Kier alpha value is -1.98. The second kappa shape index (κ2) is 11.8. The Bertz CT molecular complexity index is 379. The van der Waals surface area contributed by atoms with Crippen molar-refractivity contribution in [3.05, 3.63) is 24.2 Å². The lowest BCUT2D eigenvalue weighted by atomic mass is 10.2. The van der Waals surface area contributed by atoms with Crippen LogP contribution in [0.2, 0.25) is 0 Å². The molecular formula is C15H27NO5. The standard InChI is InChI=1S/C8H15NO4.C5H6O.C2H6/c1-8(2,3)13-7(12)9-5-4-6(10)11;1-5-2-3-6-4-5;1-2/h4-5H2,1-3H3,(H,9,12)(H,10,11);2-4H,1H3;1-2H3. The van der Waals surface area contributed by atoms with E-state index in [1.54, 1.807) is 33.3 Å². The first-order valence-electron chi connectivity index (χ1n) is 6.88. The van der Waals surface area contributed by atoms with Crippen molar-refractivity contribution in [2.75, 3.05) is 6.54 Å². The van der Waals surface area contributed by atoms with Crippen LogP contribution in [0.25, 0.3) is 0 Å². The summed E-state index contributed by atoms with van der Waals surface area (Å²) in [5, 5.41) is 10.6. The number of carboxylic acids is 1. The Balaban J connectivity index is 0. The minimum absolute atomic E-state index is 0.0875. The molecule has 6 heteroatoms. The fourth-order valence-corrected chi connectivity index (χ4v) is 0.918. The van der Waals surface area contributed by atoms with Crippen LogP contribution in [-0.4, -0.2) is 29.3 Å². The van der Waals surface area contributed by atoms with E-state index in [-0.39, 0.29) is 13.0 Å². The highest BCUT2D eigenvalue weighted by Gasteiger charge is 2.15. The average Bonchev–Trinajstić information content (AvgIpc) is 2.81. The van der Waals surface area contributed by atoms with Gasteiger partial charge in [0.05, 0.1) is 18.9 Å². The van der Waals surface area contributed by atoms with E-state index in [2.05, 4.69) is 5.32 Å². The molecule has 0 saturated heterocycles. The summed E-state index contributed by atoms with van der Waals surface area (Å²) in [5.74, 6) is -0.948. The van der Waals surface area contributed by atoms with E-state index in [0.717, 1.165) is 0 Å². The molecule has 0 aromatic carbocycles. The maximum absolute atomic E-state index is 10.9. The highest BCUT2D eigenvalue weighted by atomic mass is 16.6. The molecule has 1 aromatic heterocycles. The highest BCUT2D eigenvalue weighted by Crippen LogP contribution is 2.06. The summed E-state index contributed by atoms with van der Waals surface area (Å²) >= 11 is 0. The topological polar surface area (TPSA) is 88.8 Å². The van der Waals surface area contributed by atoms with Crippen molar-refractivity contribution in [2.24, 2.45) is 0 Å². The smallest absolute Gasteiger partial charge is 0.407 e. The Morgan fingerprint density at radius 3 is 2.19 bits per heavy atom. The minimum atomic E-state index is -0.948. The second-order valence-electron chi connectivity index (χ2n) is 4.87. The molecule has 1 heterocycles. The van der Waals surface area contributed by atoms with Crippen LogP contribution in [0.4, 0.5) is 4.79 Å². The first kappa shape index (κ1) is 21.3. The van der Waals surface area contributed by atoms with Crippen molar-refractivity contribution in [3.8, 4) is 0 Å². The van der Waals surface area contributed by atoms with E-state index in [1.807, 2.05) is 26.8 Å². The SMILES string of the molecule is CC.CC(C)(C)OC(=O)NCCC(=O)O.Cc1ccoc1. The second-order valence-corrected chi connectivity index (χ2v) is 4.87. The van der Waals surface area contributed by atoms with Gasteiger partial charge >= 0.3 is 12.1 Å². The molecule has 0 saturated carbocycles. The van der Waals surface area contributed by atoms with Crippen molar-refractivity contribution in [3.63, 3.8) is 0 Å². The molecule has 0 unspecified atom stereocenters. The third-order valence-electron chi connectivity index (χ3n) is 1.67. The summed E-state index contributed by atoms with van der Waals surface area (Å²) in [6.07, 6.45) is 2.68. The normalized spacial score (nSPS) is 9.43. The summed E-state index contributed by atoms with van der Waals surface area (Å²) in [4.78, 5) is 21.0. The number of carboxylic acid groups (broad SMARTS) is 1. The van der Waals surface area contributed by atoms with Crippen molar-refractivity contribution in [1.29, 1.82) is 0 Å². The number of hydrogen-bond acceptors (Lipinski definition) is 4. The van der Waals surface area contributed by atoms with Crippen molar-refractivity contribution < 1.29 is 23.8 Å². The summed E-state index contributed by atoms with van der Waals surface area (Å²) in [6.45, 7) is 11.3. The van der Waals surface area contributed by atoms with E-state index in [4.69, 9.17) is 14.3 Å². The molecule has 0 aliphatic rings. The number of carbonyl (C=O) groups excluding carboxylic acids is 1. The molecular weight excluding hydrogens is 274 g/mol. The maximum Gasteiger partial charge on any atom is 0.407 e. The number of alkyl carbamates (subject to hydrolysis) is 1. The Labute approximate surface area is 126 Å². The van der Waals surface area contributed by atoms with Crippen LogP contribution in [0.15, 0.2) is 23.0 Å². The quantitative estimate of drug-likeness (QED) is 0.890. The predicted molar refractivity (Wildman–Crippen MR) is 81.3 cm³/mol. The van der Waals surface area contributed by atoms with Crippen LogP contribution in [0.1, 0.15) is 46.6 Å². The minimum Gasteiger partial charge on any atom is -0.481 e. The molecule has 0 aliphatic carbocycles. The molecule has 0 spiro atoms. The van der Waals surface area contributed by atoms with Crippen LogP contribution in [-0.2, 0) is 9.53 Å². The number of furan rings is 1. The van der Waals surface area contributed by atoms with Crippen molar-refractivity contribution >= 4 is 12.1 Å². The lowest BCUT2D eigenvalue weighted by molar-refractivity contribution is -0.136. The van der Waals surface area contributed by atoms with Gasteiger partial charge in [-0.3, -0.25) is 4.79 Å². The molecule has 0 bridgehead atoms. The summed E-state index contributed by atoms with van der Waals surface area (Å²) < 4.78 is 9.59. The molecule has 0 aliphatic heterocycles. The monoisotopic (exact) mass is 301 g/mol. The van der Waals surface area contributed by atoms with Gasteiger partial charge in [0.2, 0.25) is 0 Å². The van der Waals surface area contributed by atoms with Crippen LogP contribution in [0, 0.1) is 6.92 Å². The third kappa shape index (κ3) is 18.0. The number of aryl methyl sites for hydroxylation is 1. The van der Waals surface area contributed by atoms with Crippen LogP contribution >= 0.6 is 0 Å². The fourth-order valence-electron chi connectivity index (χ4n) is 0.918. The number of rotatable bonds is 3. The van der Waals surface area contributed by atoms with Gasteiger partial charge in [-0.15, -0.1) is 0 Å². The summed E-state index contributed by atoms with van der Waals surface area (Å²) in [7, 11) is 0. The van der Waals surface area contributed by atoms with Gasteiger partial charge in [-0.05, 0) is 39.3 Å². The molecule has 21 heavy (non-hydrogen) atoms. The molecule has 2 N–H and O–H groups in total.